The van der Waals surface area contributed by atoms with Gasteiger partial charge in [-0.3, -0.25) is 4.68 Å². The van der Waals surface area contributed by atoms with Gasteiger partial charge in [0.05, 0.1) is 11.3 Å². The Balaban J connectivity index is 3.02. The summed E-state index contributed by atoms with van der Waals surface area (Å²) >= 11 is 3.08. The van der Waals surface area contributed by atoms with Gasteiger partial charge in [-0.05, 0) is 0 Å². The fourth-order valence-corrected chi connectivity index (χ4v) is 1.27. The maximum absolute atomic E-state index is 12.2. The molecule has 0 saturated heterocycles. The standard InChI is InChI=1S/C6H7BrF2N2/c1-11-3-4(6(8)9)5(2-7)10-11/h3,6H,2H2,1H3. The largest absolute Gasteiger partial charge is 0.275 e. The number of alkyl halides is 3. The first-order valence-electron chi connectivity index (χ1n) is 3.01. The monoisotopic (exact) mass is 224 g/mol. The van der Waals surface area contributed by atoms with Crippen LogP contribution in [0.15, 0.2) is 6.20 Å². The molecule has 1 aromatic heterocycles. The Kier molecular flexibility index (Phi) is 2.59. The molecule has 0 fully saturated rings. The summed E-state index contributed by atoms with van der Waals surface area (Å²) in [6, 6.07) is 0. The maximum Gasteiger partial charge on any atom is 0.267 e. The van der Waals surface area contributed by atoms with E-state index in [-0.39, 0.29) is 5.56 Å². The second-order valence-electron chi connectivity index (χ2n) is 2.14. The lowest BCUT2D eigenvalue weighted by atomic mass is 10.3. The highest BCUT2D eigenvalue weighted by Gasteiger charge is 2.15. The summed E-state index contributed by atoms with van der Waals surface area (Å²) in [5, 5.41) is 4.21. The molecule has 1 heterocycles. The summed E-state index contributed by atoms with van der Waals surface area (Å²) in [7, 11) is 1.62. The van der Waals surface area contributed by atoms with Gasteiger partial charge in [0.15, 0.2) is 0 Å². The van der Waals surface area contributed by atoms with E-state index < -0.39 is 6.43 Å². The Morgan fingerprint density at radius 2 is 2.36 bits per heavy atom. The van der Waals surface area contributed by atoms with E-state index in [0.717, 1.165) is 0 Å². The molecule has 0 aliphatic rings. The van der Waals surface area contributed by atoms with Gasteiger partial charge in [0.2, 0.25) is 0 Å². The van der Waals surface area contributed by atoms with Gasteiger partial charge in [-0.15, -0.1) is 0 Å². The summed E-state index contributed by atoms with van der Waals surface area (Å²) in [6.07, 6.45) is -1.10. The molecular formula is C6H7BrF2N2. The van der Waals surface area contributed by atoms with Gasteiger partial charge >= 0.3 is 0 Å². The Hall–Kier alpha value is -0.450. The number of aryl methyl sites for hydroxylation is 1. The van der Waals surface area contributed by atoms with Crippen LogP contribution in [0.3, 0.4) is 0 Å². The van der Waals surface area contributed by atoms with Gasteiger partial charge in [0.1, 0.15) is 0 Å². The van der Waals surface area contributed by atoms with Crippen molar-refractivity contribution < 1.29 is 8.78 Å². The van der Waals surface area contributed by atoms with Crippen LogP contribution in [0, 0.1) is 0 Å². The van der Waals surface area contributed by atoms with Crippen molar-refractivity contribution in [2.45, 2.75) is 11.8 Å². The van der Waals surface area contributed by atoms with Crippen LogP contribution in [0.4, 0.5) is 8.78 Å². The third kappa shape index (κ3) is 1.77. The normalized spacial score (nSPS) is 11.0. The van der Waals surface area contributed by atoms with Crippen LogP contribution < -0.4 is 0 Å². The highest BCUT2D eigenvalue weighted by molar-refractivity contribution is 9.08. The van der Waals surface area contributed by atoms with Crippen molar-refractivity contribution >= 4 is 15.9 Å². The van der Waals surface area contributed by atoms with Crippen molar-refractivity contribution in [2.75, 3.05) is 0 Å². The van der Waals surface area contributed by atoms with Crippen LogP contribution in [0.2, 0.25) is 0 Å². The summed E-state index contributed by atoms with van der Waals surface area (Å²) in [5.74, 6) is 0. The van der Waals surface area contributed by atoms with Crippen LogP contribution in [0.1, 0.15) is 17.7 Å². The molecule has 0 spiro atoms. The molecule has 0 aliphatic heterocycles. The zero-order chi connectivity index (χ0) is 8.43. The summed E-state index contributed by atoms with van der Waals surface area (Å²) in [6.45, 7) is 0. The minimum Gasteiger partial charge on any atom is -0.275 e. The molecular weight excluding hydrogens is 218 g/mol. The molecule has 11 heavy (non-hydrogen) atoms. The topological polar surface area (TPSA) is 17.8 Å². The molecule has 62 valence electrons. The van der Waals surface area contributed by atoms with Gasteiger partial charge in [-0.1, -0.05) is 15.9 Å². The van der Waals surface area contributed by atoms with Crippen LogP contribution in [0.25, 0.3) is 0 Å². The van der Waals surface area contributed by atoms with Crippen molar-refractivity contribution in [1.82, 2.24) is 9.78 Å². The summed E-state index contributed by atoms with van der Waals surface area (Å²) in [5.41, 5.74) is 0.409. The fourth-order valence-electron chi connectivity index (χ4n) is 0.839. The minimum atomic E-state index is -2.43. The molecule has 1 rings (SSSR count). The first-order valence-corrected chi connectivity index (χ1v) is 4.14. The van der Waals surface area contributed by atoms with Gasteiger partial charge in [-0.2, -0.15) is 5.10 Å². The van der Waals surface area contributed by atoms with Crippen molar-refractivity contribution in [3.8, 4) is 0 Å². The molecule has 0 amide bonds. The first-order chi connectivity index (χ1) is 5.15. The van der Waals surface area contributed by atoms with Crippen LogP contribution in [-0.2, 0) is 12.4 Å². The number of rotatable bonds is 2. The lowest BCUT2D eigenvalue weighted by molar-refractivity contribution is 0.150. The summed E-state index contributed by atoms with van der Waals surface area (Å²) < 4.78 is 25.7. The minimum absolute atomic E-state index is 0.00405. The average molecular weight is 225 g/mol. The molecule has 0 saturated carbocycles. The number of hydrogen-bond donors (Lipinski definition) is 0. The third-order valence-corrected chi connectivity index (χ3v) is 1.83. The Morgan fingerprint density at radius 1 is 1.73 bits per heavy atom. The van der Waals surface area contributed by atoms with Crippen molar-refractivity contribution in [3.63, 3.8) is 0 Å². The Bertz CT molecular complexity index is 247. The molecule has 2 nitrogen and oxygen atoms in total. The maximum atomic E-state index is 12.2. The quantitative estimate of drug-likeness (QED) is 0.705. The zero-order valence-electron chi connectivity index (χ0n) is 5.89. The SMILES string of the molecule is Cn1cc(C(F)F)c(CBr)n1. The lowest BCUT2D eigenvalue weighted by Gasteiger charge is -1.94. The number of hydrogen-bond acceptors (Lipinski definition) is 1. The van der Waals surface area contributed by atoms with E-state index >= 15 is 0 Å². The van der Waals surface area contributed by atoms with Crippen LogP contribution in [0.5, 0.6) is 0 Å². The van der Waals surface area contributed by atoms with E-state index in [1.807, 2.05) is 0 Å². The molecule has 0 aromatic carbocycles. The summed E-state index contributed by atoms with van der Waals surface area (Å²) in [4.78, 5) is 0. The Morgan fingerprint density at radius 3 is 2.73 bits per heavy atom. The lowest BCUT2D eigenvalue weighted by Crippen LogP contribution is -1.88. The molecule has 0 radical (unpaired) electrons. The van der Waals surface area contributed by atoms with E-state index in [4.69, 9.17) is 0 Å². The molecule has 5 heteroatoms. The van der Waals surface area contributed by atoms with Crippen molar-refractivity contribution in [3.05, 3.63) is 17.5 Å². The average Bonchev–Trinajstić information content (AvgIpc) is 2.30. The van der Waals surface area contributed by atoms with E-state index in [9.17, 15) is 8.78 Å². The predicted molar refractivity (Wildman–Crippen MR) is 40.8 cm³/mol. The predicted octanol–water partition coefficient (Wildman–Crippen LogP) is 2.25. The van der Waals surface area contributed by atoms with Gasteiger partial charge < -0.3 is 0 Å². The second kappa shape index (κ2) is 3.30. The molecule has 0 unspecified atom stereocenters. The van der Waals surface area contributed by atoms with E-state index in [0.29, 0.717) is 11.0 Å². The zero-order valence-corrected chi connectivity index (χ0v) is 7.48. The second-order valence-corrected chi connectivity index (χ2v) is 2.70. The molecule has 0 N–H and O–H groups in total. The fraction of sp³-hybridized carbons (Fsp3) is 0.500. The Labute approximate surface area is 71.3 Å². The van der Waals surface area contributed by atoms with Gasteiger partial charge in [0, 0.05) is 18.6 Å². The van der Waals surface area contributed by atoms with Crippen LogP contribution in [-0.4, -0.2) is 9.78 Å². The van der Waals surface area contributed by atoms with Crippen molar-refractivity contribution in [2.24, 2.45) is 7.05 Å². The number of halogens is 3. The molecule has 1 aromatic rings. The molecule has 0 bridgehead atoms. The highest BCUT2D eigenvalue weighted by Crippen LogP contribution is 2.22. The van der Waals surface area contributed by atoms with E-state index in [1.165, 1.54) is 10.9 Å². The van der Waals surface area contributed by atoms with E-state index in [1.54, 1.807) is 7.05 Å². The van der Waals surface area contributed by atoms with Gasteiger partial charge in [0.25, 0.3) is 6.43 Å². The number of aromatic nitrogens is 2. The van der Waals surface area contributed by atoms with Crippen LogP contribution >= 0.6 is 15.9 Å². The third-order valence-electron chi connectivity index (χ3n) is 1.30. The first kappa shape index (κ1) is 8.64. The highest BCUT2D eigenvalue weighted by atomic mass is 79.9. The molecule has 0 aliphatic carbocycles. The smallest absolute Gasteiger partial charge is 0.267 e. The molecule has 0 atom stereocenters. The number of nitrogens with zero attached hydrogens (tertiary/aromatic N) is 2. The van der Waals surface area contributed by atoms with Gasteiger partial charge in [-0.25, -0.2) is 8.78 Å². The van der Waals surface area contributed by atoms with Crippen molar-refractivity contribution in [1.29, 1.82) is 0 Å². The van der Waals surface area contributed by atoms with E-state index in [2.05, 4.69) is 21.0 Å².